The molecule has 2 unspecified atom stereocenters. The predicted octanol–water partition coefficient (Wildman–Crippen LogP) is 3.75. The molecular formula is C16H20O7P2+2. The molecule has 0 aliphatic rings. The summed E-state index contributed by atoms with van der Waals surface area (Å²) in [6.45, 7) is -0.620. The molecule has 0 fully saturated rings. The number of benzene rings is 2. The summed E-state index contributed by atoms with van der Waals surface area (Å²) in [5.41, 5.74) is -0.719. The van der Waals surface area contributed by atoms with E-state index in [1.807, 2.05) is 42.5 Å². The largest absolute Gasteiger partial charge is 0.697 e. The monoisotopic (exact) mass is 386 g/mol. The summed E-state index contributed by atoms with van der Waals surface area (Å²) in [6.07, 6.45) is 0.150. The minimum Gasteiger partial charge on any atom is -0.384 e. The van der Waals surface area contributed by atoms with Crippen molar-refractivity contribution in [2.45, 2.75) is 12.0 Å². The van der Waals surface area contributed by atoms with Crippen LogP contribution < -0.4 is 0 Å². The van der Waals surface area contributed by atoms with Crippen molar-refractivity contribution in [3.8, 4) is 0 Å². The SMILES string of the molecule is CO[P+](=O)OCC(O)(CO[P+](=O)OC)Cc1ccc2ccccc2c1. The van der Waals surface area contributed by atoms with Crippen LogP contribution in [0.3, 0.4) is 0 Å². The molecule has 0 radical (unpaired) electrons. The highest BCUT2D eigenvalue weighted by Gasteiger charge is 2.37. The lowest BCUT2D eigenvalue weighted by molar-refractivity contribution is -0.0412. The summed E-state index contributed by atoms with van der Waals surface area (Å²) >= 11 is 0. The van der Waals surface area contributed by atoms with E-state index in [1.165, 1.54) is 14.2 Å². The summed E-state index contributed by atoms with van der Waals surface area (Å²) < 4.78 is 41.8. The molecular weight excluding hydrogens is 366 g/mol. The smallest absolute Gasteiger partial charge is 0.384 e. The van der Waals surface area contributed by atoms with Gasteiger partial charge in [-0.25, -0.2) is 0 Å². The second-order valence-electron chi connectivity index (χ2n) is 5.44. The number of hydrogen-bond acceptors (Lipinski definition) is 7. The Morgan fingerprint density at radius 2 is 1.48 bits per heavy atom. The van der Waals surface area contributed by atoms with Gasteiger partial charge in [-0.2, -0.15) is 0 Å². The zero-order valence-corrected chi connectivity index (χ0v) is 15.7. The highest BCUT2D eigenvalue weighted by atomic mass is 31.1. The van der Waals surface area contributed by atoms with E-state index in [-0.39, 0.29) is 19.6 Å². The molecule has 2 aromatic carbocycles. The van der Waals surface area contributed by atoms with Crippen LogP contribution in [-0.4, -0.2) is 38.1 Å². The third-order valence-corrected chi connectivity index (χ3v) is 4.80. The normalized spacial score (nSPS) is 15.0. The molecule has 7 nitrogen and oxygen atoms in total. The Morgan fingerprint density at radius 3 is 2.04 bits per heavy atom. The van der Waals surface area contributed by atoms with E-state index in [2.05, 4.69) is 9.05 Å². The fourth-order valence-corrected chi connectivity index (χ4v) is 3.23. The minimum absolute atomic E-state index is 0.150. The van der Waals surface area contributed by atoms with Crippen LogP contribution in [0.1, 0.15) is 5.56 Å². The van der Waals surface area contributed by atoms with E-state index < -0.39 is 22.1 Å². The number of rotatable bonds is 10. The van der Waals surface area contributed by atoms with Crippen molar-refractivity contribution >= 4 is 27.3 Å². The Bertz CT molecular complexity index is 730. The number of aliphatic hydroxyl groups is 1. The highest BCUT2D eigenvalue weighted by Crippen LogP contribution is 2.30. The van der Waals surface area contributed by atoms with Crippen molar-refractivity contribution in [2.24, 2.45) is 0 Å². The van der Waals surface area contributed by atoms with Crippen molar-refractivity contribution < 1.29 is 32.3 Å². The summed E-state index contributed by atoms with van der Waals surface area (Å²) in [5, 5.41) is 12.9. The van der Waals surface area contributed by atoms with Crippen molar-refractivity contribution in [3.63, 3.8) is 0 Å². The quantitative estimate of drug-likeness (QED) is 0.622. The van der Waals surface area contributed by atoms with Crippen LogP contribution in [0.15, 0.2) is 42.5 Å². The average Bonchev–Trinajstić information content (AvgIpc) is 2.64. The van der Waals surface area contributed by atoms with Gasteiger partial charge in [0.2, 0.25) is 0 Å². The second kappa shape index (κ2) is 9.41. The molecule has 9 heteroatoms. The Kier molecular flexibility index (Phi) is 7.54. The molecule has 0 bridgehead atoms. The molecule has 0 spiro atoms. The fraction of sp³-hybridized carbons (Fsp3) is 0.375. The standard InChI is InChI=1S/C16H20O7P2/c1-20-24(18)22-11-16(17,12-23-25(19)21-2)10-13-7-8-14-5-3-4-6-15(14)9-13/h3-9,17H,10-12H2,1-2H3/q+2. The van der Waals surface area contributed by atoms with Crippen LogP contribution in [0.5, 0.6) is 0 Å². The van der Waals surface area contributed by atoms with Gasteiger partial charge in [-0.15, -0.1) is 18.1 Å². The van der Waals surface area contributed by atoms with Gasteiger partial charge in [-0.3, -0.25) is 0 Å². The third kappa shape index (κ3) is 6.17. The van der Waals surface area contributed by atoms with Gasteiger partial charge in [0.25, 0.3) is 0 Å². The van der Waals surface area contributed by atoms with Gasteiger partial charge in [-0.05, 0) is 16.3 Å². The summed E-state index contributed by atoms with van der Waals surface area (Å²) in [5.74, 6) is 0. The maximum Gasteiger partial charge on any atom is 0.697 e. The van der Waals surface area contributed by atoms with E-state index in [0.717, 1.165) is 16.3 Å². The van der Waals surface area contributed by atoms with E-state index in [4.69, 9.17) is 9.05 Å². The molecule has 1 N–H and O–H groups in total. The van der Waals surface area contributed by atoms with E-state index in [0.29, 0.717) is 0 Å². The van der Waals surface area contributed by atoms with E-state index in [9.17, 15) is 14.2 Å². The van der Waals surface area contributed by atoms with Crippen LogP contribution in [0.4, 0.5) is 0 Å². The lowest BCUT2D eigenvalue weighted by Crippen LogP contribution is -2.40. The first-order valence-electron chi connectivity index (χ1n) is 7.44. The van der Waals surface area contributed by atoms with Gasteiger partial charge < -0.3 is 5.11 Å². The minimum atomic E-state index is -2.34. The topological polar surface area (TPSA) is 91.3 Å². The summed E-state index contributed by atoms with van der Waals surface area (Å²) in [7, 11) is -2.22. The molecule has 0 aliphatic carbocycles. The summed E-state index contributed by atoms with van der Waals surface area (Å²) in [6, 6.07) is 13.6. The molecule has 0 saturated heterocycles. The van der Waals surface area contributed by atoms with Crippen molar-refractivity contribution in [1.29, 1.82) is 0 Å². The van der Waals surface area contributed by atoms with Gasteiger partial charge in [0, 0.05) is 15.6 Å². The molecule has 0 saturated carbocycles. The maximum atomic E-state index is 11.3. The van der Waals surface area contributed by atoms with Crippen molar-refractivity contribution in [3.05, 3.63) is 48.0 Å². The van der Waals surface area contributed by atoms with Crippen molar-refractivity contribution in [2.75, 3.05) is 27.4 Å². The molecule has 2 rings (SSSR count). The zero-order valence-electron chi connectivity index (χ0n) is 14.0. The third-order valence-electron chi connectivity index (χ3n) is 3.52. The second-order valence-corrected chi connectivity index (χ2v) is 7.58. The fourth-order valence-electron chi connectivity index (χ4n) is 2.32. The van der Waals surface area contributed by atoms with Gasteiger partial charge in [-0.1, -0.05) is 42.5 Å². The van der Waals surface area contributed by atoms with Crippen molar-refractivity contribution in [1.82, 2.24) is 0 Å². The molecule has 0 heterocycles. The average molecular weight is 386 g/mol. The summed E-state index contributed by atoms with van der Waals surface area (Å²) in [4.78, 5) is 0. The van der Waals surface area contributed by atoms with Crippen LogP contribution in [0, 0.1) is 0 Å². The molecule has 0 aliphatic heterocycles. The highest BCUT2D eigenvalue weighted by molar-refractivity contribution is 7.33. The van der Waals surface area contributed by atoms with Gasteiger partial charge in [0.15, 0.2) is 0 Å². The van der Waals surface area contributed by atoms with E-state index >= 15 is 0 Å². The molecule has 2 atom stereocenters. The van der Waals surface area contributed by atoms with Crippen LogP contribution in [-0.2, 0) is 33.6 Å². The van der Waals surface area contributed by atoms with Gasteiger partial charge in [0.1, 0.15) is 18.8 Å². The molecule has 0 aromatic heterocycles. The first-order valence-corrected chi connectivity index (χ1v) is 9.63. The zero-order chi connectivity index (χ0) is 18.3. The number of hydrogen-bond donors (Lipinski definition) is 1. The lowest BCUT2D eigenvalue weighted by Gasteiger charge is -2.22. The van der Waals surface area contributed by atoms with Crippen LogP contribution >= 0.6 is 16.5 Å². The Hall–Kier alpha value is -1.30. The lowest BCUT2D eigenvalue weighted by atomic mass is 9.94. The predicted molar refractivity (Wildman–Crippen MR) is 93.7 cm³/mol. The van der Waals surface area contributed by atoms with Gasteiger partial charge in [0.05, 0.1) is 14.2 Å². The molecule has 0 amide bonds. The van der Waals surface area contributed by atoms with E-state index in [1.54, 1.807) is 0 Å². The van der Waals surface area contributed by atoms with Crippen LogP contribution in [0.2, 0.25) is 0 Å². The first-order chi connectivity index (χ1) is 12.0. The van der Waals surface area contributed by atoms with Crippen LogP contribution in [0.25, 0.3) is 10.8 Å². The Morgan fingerprint density at radius 1 is 0.920 bits per heavy atom. The van der Waals surface area contributed by atoms with Gasteiger partial charge >= 0.3 is 16.5 Å². The molecule has 134 valence electrons. The maximum absolute atomic E-state index is 11.3. The number of fused-ring (bicyclic) bond motifs is 1. The first kappa shape index (κ1) is 20.0. The Balaban J connectivity index is 2.16. The molecule has 2 aromatic rings. The molecule has 25 heavy (non-hydrogen) atoms. The Labute approximate surface area is 147 Å².